The minimum Gasteiger partial charge on any atom is -0.378 e. The lowest BCUT2D eigenvalue weighted by molar-refractivity contribution is 1.13. The van der Waals surface area contributed by atoms with Crippen LogP contribution in [0.25, 0.3) is 21.8 Å². The van der Waals surface area contributed by atoms with Crippen LogP contribution in [0.15, 0.2) is 65.9 Å². The van der Waals surface area contributed by atoms with Crippen molar-refractivity contribution in [1.29, 1.82) is 0 Å². The van der Waals surface area contributed by atoms with Gasteiger partial charge in [-0.3, -0.25) is 15.0 Å². The van der Waals surface area contributed by atoms with Crippen LogP contribution in [0.3, 0.4) is 0 Å². The number of aliphatic imine (C=N–C) groups is 1. The first kappa shape index (κ1) is 15.0. The molecule has 0 bridgehead atoms. The van der Waals surface area contributed by atoms with Gasteiger partial charge in [0, 0.05) is 49.4 Å². The minimum atomic E-state index is 0.823. The lowest BCUT2D eigenvalue weighted by Crippen LogP contribution is -2.09. The smallest absolute Gasteiger partial charge is 0.0986 e. The van der Waals surface area contributed by atoms with Gasteiger partial charge in [-0.05, 0) is 41.5 Å². The summed E-state index contributed by atoms with van der Waals surface area (Å²) < 4.78 is 0. The Morgan fingerprint density at radius 1 is 0.808 bits per heavy atom. The van der Waals surface area contributed by atoms with Crippen molar-refractivity contribution in [2.45, 2.75) is 6.42 Å². The standard InChI is InChI=1S/C22H18N4/c1-26(2)15-9-7-14(8-10-15)19-13-18-16-5-3-11-23-21(16)22-17(20(18)25-19)6-4-12-24-22/h3-12H,13H2,1-2H3. The van der Waals surface area contributed by atoms with Crippen molar-refractivity contribution < 1.29 is 0 Å². The summed E-state index contributed by atoms with van der Waals surface area (Å²) in [6.45, 7) is 0. The number of rotatable bonds is 2. The predicted octanol–water partition coefficient (Wildman–Crippen LogP) is 4.53. The maximum Gasteiger partial charge on any atom is 0.0986 e. The Balaban J connectivity index is 1.71. The van der Waals surface area contributed by atoms with E-state index < -0.39 is 0 Å². The third-order valence-electron chi connectivity index (χ3n) is 5.01. The molecule has 3 heterocycles. The molecule has 4 aromatic rings. The molecule has 2 aromatic heterocycles. The molecular formula is C22H18N4. The van der Waals surface area contributed by atoms with Gasteiger partial charge in [0.15, 0.2) is 0 Å². The molecule has 0 amide bonds. The zero-order chi connectivity index (χ0) is 17.7. The number of aromatic nitrogens is 2. The van der Waals surface area contributed by atoms with E-state index in [1.165, 1.54) is 16.8 Å². The quantitative estimate of drug-likeness (QED) is 0.504. The van der Waals surface area contributed by atoms with Gasteiger partial charge in [-0.2, -0.15) is 0 Å². The second-order valence-electron chi connectivity index (χ2n) is 6.80. The summed E-state index contributed by atoms with van der Waals surface area (Å²) in [6, 6.07) is 16.8. The lowest BCUT2D eigenvalue weighted by Gasteiger charge is -2.12. The molecule has 0 radical (unpaired) electrons. The maximum absolute atomic E-state index is 5.01. The second-order valence-corrected chi connectivity index (χ2v) is 6.80. The molecule has 5 rings (SSSR count). The van der Waals surface area contributed by atoms with Crippen LogP contribution in [0, 0.1) is 0 Å². The Kier molecular flexibility index (Phi) is 3.25. The average Bonchev–Trinajstić information content (AvgIpc) is 3.14. The highest BCUT2D eigenvalue weighted by Crippen LogP contribution is 2.41. The highest BCUT2D eigenvalue weighted by molar-refractivity contribution is 6.18. The van der Waals surface area contributed by atoms with Crippen LogP contribution >= 0.6 is 0 Å². The van der Waals surface area contributed by atoms with E-state index >= 15 is 0 Å². The largest absolute Gasteiger partial charge is 0.378 e. The van der Waals surface area contributed by atoms with Crippen LogP contribution in [0.5, 0.6) is 0 Å². The summed E-state index contributed by atoms with van der Waals surface area (Å²) in [5.41, 5.74) is 7.64. The fourth-order valence-electron chi connectivity index (χ4n) is 3.68. The molecule has 0 aliphatic carbocycles. The fraction of sp³-hybridized carbons (Fsp3) is 0.136. The lowest BCUT2D eigenvalue weighted by atomic mass is 9.98. The first-order valence-corrected chi connectivity index (χ1v) is 8.72. The van der Waals surface area contributed by atoms with Crippen LogP contribution < -0.4 is 4.90 Å². The summed E-state index contributed by atoms with van der Waals surface area (Å²) >= 11 is 0. The van der Waals surface area contributed by atoms with Crippen LogP contribution in [0.1, 0.15) is 11.1 Å². The molecule has 1 aliphatic rings. The Morgan fingerprint density at radius 2 is 1.46 bits per heavy atom. The molecule has 0 unspecified atom stereocenters. The number of benzene rings is 2. The molecule has 2 aromatic carbocycles. The van der Waals surface area contributed by atoms with E-state index in [-0.39, 0.29) is 0 Å². The molecule has 0 saturated heterocycles. The third-order valence-corrected chi connectivity index (χ3v) is 5.01. The van der Waals surface area contributed by atoms with Crippen molar-refractivity contribution >= 4 is 38.9 Å². The van der Waals surface area contributed by atoms with E-state index in [0.717, 1.165) is 39.6 Å². The van der Waals surface area contributed by atoms with E-state index in [1.807, 2.05) is 24.5 Å². The van der Waals surface area contributed by atoms with Crippen molar-refractivity contribution in [2.75, 3.05) is 19.0 Å². The number of hydrogen-bond donors (Lipinski definition) is 0. The molecular weight excluding hydrogens is 320 g/mol. The SMILES string of the molecule is CN(C)c1ccc(C2=Nc3c(c4cccnc4c4ncccc34)C2)cc1. The maximum atomic E-state index is 5.01. The number of anilines is 1. The van der Waals surface area contributed by atoms with Gasteiger partial charge in [0.2, 0.25) is 0 Å². The molecule has 0 fully saturated rings. The van der Waals surface area contributed by atoms with Crippen LogP contribution in [0.2, 0.25) is 0 Å². The van der Waals surface area contributed by atoms with Crippen LogP contribution in [-0.4, -0.2) is 29.8 Å². The van der Waals surface area contributed by atoms with Gasteiger partial charge < -0.3 is 4.90 Å². The molecule has 0 atom stereocenters. The molecule has 0 N–H and O–H groups in total. The van der Waals surface area contributed by atoms with Crippen molar-refractivity contribution in [2.24, 2.45) is 4.99 Å². The summed E-state index contributed by atoms with van der Waals surface area (Å²) in [6.07, 6.45) is 4.48. The zero-order valence-electron chi connectivity index (χ0n) is 14.8. The molecule has 26 heavy (non-hydrogen) atoms. The number of hydrogen-bond acceptors (Lipinski definition) is 4. The summed E-state index contributed by atoms with van der Waals surface area (Å²) in [5, 5.41) is 2.23. The predicted molar refractivity (Wildman–Crippen MR) is 108 cm³/mol. The van der Waals surface area contributed by atoms with Crippen molar-refractivity contribution in [3.8, 4) is 0 Å². The first-order chi connectivity index (χ1) is 12.7. The van der Waals surface area contributed by atoms with E-state index in [0.29, 0.717) is 0 Å². The van der Waals surface area contributed by atoms with Gasteiger partial charge in [0.1, 0.15) is 0 Å². The van der Waals surface area contributed by atoms with Crippen molar-refractivity contribution in [1.82, 2.24) is 9.97 Å². The average molecular weight is 338 g/mol. The van der Waals surface area contributed by atoms with Gasteiger partial charge in [-0.1, -0.05) is 18.2 Å². The molecule has 126 valence electrons. The summed E-state index contributed by atoms with van der Waals surface area (Å²) in [4.78, 5) is 16.3. The minimum absolute atomic E-state index is 0.823. The molecule has 0 spiro atoms. The normalized spacial score (nSPS) is 13.1. The number of fused-ring (bicyclic) bond motifs is 6. The van der Waals surface area contributed by atoms with Gasteiger partial charge in [0.25, 0.3) is 0 Å². The Bertz CT molecular complexity index is 1170. The topological polar surface area (TPSA) is 41.4 Å². The molecule has 1 aliphatic heterocycles. The molecule has 0 saturated carbocycles. The summed E-state index contributed by atoms with van der Waals surface area (Å²) in [5.74, 6) is 0. The highest BCUT2D eigenvalue weighted by Gasteiger charge is 2.23. The van der Waals surface area contributed by atoms with Crippen molar-refractivity contribution in [3.63, 3.8) is 0 Å². The number of pyridine rings is 2. The first-order valence-electron chi connectivity index (χ1n) is 8.72. The summed E-state index contributed by atoms with van der Waals surface area (Å²) in [7, 11) is 4.10. The molecule has 4 nitrogen and oxygen atoms in total. The van der Waals surface area contributed by atoms with Crippen LogP contribution in [-0.2, 0) is 6.42 Å². The fourth-order valence-corrected chi connectivity index (χ4v) is 3.68. The van der Waals surface area contributed by atoms with Crippen molar-refractivity contribution in [3.05, 3.63) is 72.1 Å². The van der Waals surface area contributed by atoms with Gasteiger partial charge in [-0.25, -0.2) is 0 Å². The Hall–Kier alpha value is -3.27. The van der Waals surface area contributed by atoms with E-state index in [9.17, 15) is 0 Å². The van der Waals surface area contributed by atoms with Gasteiger partial charge in [-0.15, -0.1) is 0 Å². The van der Waals surface area contributed by atoms with Gasteiger partial charge >= 0.3 is 0 Å². The zero-order valence-corrected chi connectivity index (χ0v) is 14.8. The van der Waals surface area contributed by atoms with E-state index in [1.54, 1.807) is 0 Å². The van der Waals surface area contributed by atoms with E-state index in [4.69, 9.17) is 4.99 Å². The monoisotopic (exact) mass is 338 g/mol. The van der Waals surface area contributed by atoms with Crippen LogP contribution in [0.4, 0.5) is 11.4 Å². The highest BCUT2D eigenvalue weighted by atomic mass is 15.1. The Labute approximate surface area is 151 Å². The van der Waals surface area contributed by atoms with E-state index in [2.05, 4.69) is 65.4 Å². The van der Waals surface area contributed by atoms with Gasteiger partial charge in [0.05, 0.1) is 22.4 Å². The second kappa shape index (κ2) is 5.63. The number of nitrogens with zero attached hydrogens (tertiary/aromatic N) is 4. The molecule has 4 heteroatoms. The Morgan fingerprint density at radius 3 is 2.15 bits per heavy atom. The third kappa shape index (κ3) is 2.19.